The average Bonchev–Trinajstić information content (AvgIpc) is 3.01. The monoisotopic (exact) mass is 400 g/mol. The van der Waals surface area contributed by atoms with Crippen LogP contribution in [0, 0.1) is 11.8 Å². The molecule has 0 amide bonds. The van der Waals surface area contributed by atoms with Gasteiger partial charge in [0, 0.05) is 45.1 Å². The Hall–Kier alpha value is -0.676. The predicted octanol–water partition coefficient (Wildman–Crippen LogP) is 4.43. The number of likely N-dealkylation sites (N-methyl/N-ethyl adjacent to an activating group) is 1. The summed E-state index contributed by atoms with van der Waals surface area (Å²) in [7, 11) is 1.67. The number of benzene rings is 1. The summed E-state index contributed by atoms with van der Waals surface area (Å²) in [6.45, 7) is 4.83. The molecule has 4 nitrogen and oxygen atoms in total. The van der Waals surface area contributed by atoms with Crippen molar-refractivity contribution in [1.82, 2.24) is 0 Å². The van der Waals surface area contributed by atoms with Crippen molar-refractivity contribution in [2.45, 2.75) is 38.9 Å². The van der Waals surface area contributed by atoms with Crippen LogP contribution in [0.25, 0.3) is 10.6 Å². The number of hydrogen-bond acceptors (Lipinski definition) is 2. The van der Waals surface area contributed by atoms with Crippen LogP contribution in [-0.4, -0.2) is 25.6 Å². The van der Waals surface area contributed by atoms with Gasteiger partial charge < -0.3 is 15.4 Å². The second-order valence-electron chi connectivity index (χ2n) is 6.20. The summed E-state index contributed by atoms with van der Waals surface area (Å²) in [6.07, 6.45) is 7.98. The van der Waals surface area contributed by atoms with Gasteiger partial charge in [0.2, 0.25) is 0 Å². The first-order valence-corrected chi connectivity index (χ1v) is 8.14. The molecular weight excluding hydrogens is 375 g/mol. The van der Waals surface area contributed by atoms with E-state index in [0.29, 0.717) is 17.9 Å². The number of nitrogens with zero attached hydrogens (tertiary/aromatic N) is 3. The summed E-state index contributed by atoms with van der Waals surface area (Å²) in [5.74, 6) is 0.802. The fourth-order valence-corrected chi connectivity index (χ4v) is 2.85. The molecule has 127 valence electrons. The quantitative estimate of drug-likeness (QED) is 0.690. The van der Waals surface area contributed by atoms with Gasteiger partial charge in [0.1, 0.15) is 6.29 Å². The van der Waals surface area contributed by atoms with Crippen molar-refractivity contribution in [3.63, 3.8) is 0 Å². The van der Waals surface area contributed by atoms with Gasteiger partial charge in [-0.25, -0.2) is 0 Å². The number of fused-ring (bicyclic) bond motifs is 1. The first kappa shape index (κ1) is 21.4. The van der Waals surface area contributed by atoms with Gasteiger partial charge in [-0.05, 0) is 12.3 Å². The SMILES string of the molecule is C1=CN=CC([C@@H]2[N-]Cc3ccccc32)C1.C[N-]C(C=O)C(C)C.[Y]. The maximum Gasteiger partial charge on any atom is 0.102 e. The van der Waals surface area contributed by atoms with Gasteiger partial charge in [-0.1, -0.05) is 67.3 Å². The van der Waals surface area contributed by atoms with Gasteiger partial charge in [-0.2, -0.15) is 7.05 Å². The van der Waals surface area contributed by atoms with Crippen LogP contribution in [-0.2, 0) is 44.0 Å². The summed E-state index contributed by atoms with van der Waals surface area (Å²) < 4.78 is 0. The van der Waals surface area contributed by atoms with Gasteiger partial charge in [-0.15, -0.1) is 12.6 Å². The molecule has 1 radical (unpaired) electrons. The van der Waals surface area contributed by atoms with Gasteiger partial charge in [0.05, 0.1) is 0 Å². The molecule has 1 aromatic carbocycles. The van der Waals surface area contributed by atoms with Gasteiger partial charge in [0.15, 0.2) is 0 Å². The van der Waals surface area contributed by atoms with Crippen molar-refractivity contribution in [3.05, 3.63) is 58.3 Å². The molecule has 2 unspecified atom stereocenters. The molecule has 0 spiro atoms. The molecule has 1 aromatic rings. The Bertz CT molecular complexity index is 571. The summed E-state index contributed by atoms with van der Waals surface area (Å²) in [5, 5.41) is 8.54. The Kier molecular flexibility index (Phi) is 9.83. The minimum atomic E-state index is -0.102. The Morgan fingerprint density at radius 3 is 2.62 bits per heavy atom. The van der Waals surface area contributed by atoms with E-state index in [1.54, 1.807) is 7.05 Å². The first-order valence-electron chi connectivity index (χ1n) is 8.14. The second-order valence-corrected chi connectivity index (χ2v) is 6.20. The Labute approximate surface area is 170 Å². The van der Waals surface area contributed by atoms with Gasteiger partial charge in [0.25, 0.3) is 0 Å². The van der Waals surface area contributed by atoms with Crippen LogP contribution < -0.4 is 0 Å². The number of allylic oxidation sites excluding steroid dienone is 1. The summed E-state index contributed by atoms with van der Waals surface area (Å²) in [6, 6.07) is 8.79. The molecule has 24 heavy (non-hydrogen) atoms. The van der Waals surface area contributed by atoms with Crippen LogP contribution in [0.15, 0.2) is 41.5 Å². The predicted molar refractivity (Wildman–Crippen MR) is 96.0 cm³/mol. The van der Waals surface area contributed by atoms with Crippen molar-refractivity contribution in [2.75, 3.05) is 7.05 Å². The van der Waals surface area contributed by atoms with Gasteiger partial charge >= 0.3 is 0 Å². The summed E-state index contributed by atoms with van der Waals surface area (Å²) >= 11 is 0. The van der Waals surface area contributed by atoms with Crippen molar-refractivity contribution < 1.29 is 37.5 Å². The molecule has 0 N–H and O–H groups in total. The fraction of sp³-hybridized carbons (Fsp3) is 0.474. The molecule has 0 fully saturated rings. The molecule has 3 atom stereocenters. The molecule has 0 aliphatic carbocycles. The molecule has 0 saturated heterocycles. The maximum atomic E-state index is 10.1. The van der Waals surface area contributed by atoms with E-state index in [1.807, 2.05) is 26.3 Å². The Morgan fingerprint density at radius 1 is 1.33 bits per heavy atom. The molecule has 2 heterocycles. The molecule has 2 aliphatic heterocycles. The van der Waals surface area contributed by atoms with E-state index in [0.717, 1.165) is 19.3 Å². The summed E-state index contributed by atoms with van der Waals surface area (Å²) in [5.41, 5.74) is 2.77. The number of rotatable bonds is 4. The number of carbonyl (C=O) groups excluding carboxylic acids is 1. The molecule has 0 aromatic heterocycles. The fourth-order valence-electron chi connectivity index (χ4n) is 2.85. The first-order chi connectivity index (χ1) is 11.2. The van der Waals surface area contributed by atoms with E-state index >= 15 is 0 Å². The molecule has 2 aliphatic rings. The van der Waals surface area contributed by atoms with Crippen molar-refractivity contribution in [1.29, 1.82) is 0 Å². The largest absolute Gasteiger partial charge is 0.656 e. The van der Waals surface area contributed by atoms with E-state index in [9.17, 15) is 4.79 Å². The number of hydrogen-bond donors (Lipinski definition) is 0. The smallest absolute Gasteiger partial charge is 0.102 e. The second kappa shape index (κ2) is 11.0. The average molecular weight is 400 g/mol. The standard InChI is InChI=1S/C13H13N2.C6H12NO.Y/c1-2-6-12-10(4-1)9-15-13(12)11-5-3-7-14-8-11;1-5(2)6(4-8)7-3;/h1-4,6-8,11,13H,5,9H2;4-6H,1-3H3;/q2*-1;/t11?,13-;;/m0../s1. The van der Waals surface area contributed by atoms with E-state index in [1.165, 1.54) is 11.1 Å². The third kappa shape index (κ3) is 5.70. The molecule has 0 bridgehead atoms. The van der Waals surface area contributed by atoms with Gasteiger partial charge in [-0.3, -0.25) is 4.99 Å². The van der Waals surface area contributed by atoms with E-state index in [4.69, 9.17) is 5.32 Å². The Balaban J connectivity index is 0.000000279. The zero-order chi connectivity index (χ0) is 16.7. The Morgan fingerprint density at radius 2 is 2.08 bits per heavy atom. The van der Waals surface area contributed by atoms with Crippen molar-refractivity contribution in [2.24, 2.45) is 16.8 Å². The van der Waals surface area contributed by atoms with E-state index in [2.05, 4.69) is 40.7 Å². The van der Waals surface area contributed by atoms with Crippen LogP contribution in [0.3, 0.4) is 0 Å². The maximum absolute atomic E-state index is 10.1. The zero-order valence-corrected chi connectivity index (χ0v) is 17.5. The minimum Gasteiger partial charge on any atom is -0.656 e. The summed E-state index contributed by atoms with van der Waals surface area (Å²) in [4.78, 5) is 14.3. The molecule has 5 heteroatoms. The van der Waals surface area contributed by atoms with Crippen LogP contribution in [0.1, 0.15) is 37.4 Å². The van der Waals surface area contributed by atoms with Crippen molar-refractivity contribution >= 4 is 12.5 Å². The number of aliphatic imine (C=N–C) groups is 1. The van der Waals surface area contributed by atoms with Crippen LogP contribution >= 0.6 is 0 Å². The topological polar surface area (TPSA) is 57.6 Å². The third-order valence-corrected chi connectivity index (χ3v) is 4.24. The zero-order valence-electron chi connectivity index (χ0n) is 14.7. The van der Waals surface area contributed by atoms with Crippen LogP contribution in [0.2, 0.25) is 0 Å². The van der Waals surface area contributed by atoms with Crippen molar-refractivity contribution in [3.8, 4) is 0 Å². The van der Waals surface area contributed by atoms with Crippen LogP contribution in [0.5, 0.6) is 0 Å². The third-order valence-electron chi connectivity index (χ3n) is 4.24. The number of aldehydes is 1. The van der Waals surface area contributed by atoms with Crippen LogP contribution in [0.4, 0.5) is 0 Å². The molecule has 0 saturated carbocycles. The molecule has 3 rings (SSSR count). The normalized spacial score (nSPS) is 22.2. The molecular formula is C19H25N3OY-2. The van der Waals surface area contributed by atoms with E-state index < -0.39 is 0 Å². The van der Waals surface area contributed by atoms with E-state index in [-0.39, 0.29) is 38.8 Å². The minimum absolute atomic E-state index is 0. The number of carbonyl (C=O) groups is 1.